The van der Waals surface area contributed by atoms with Crippen LogP contribution in [0.5, 0.6) is 0 Å². The van der Waals surface area contributed by atoms with E-state index in [1.54, 1.807) is 0 Å². The van der Waals surface area contributed by atoms with Crippen LogP contribution in [0.3, 0.4) is 0 Å². The maximum absolute atomic E-state index is 2.93. The van der Waals surface area contributed by atoms with Crippen molar-refractivity contribution in [2.24, 2.45) is 0 Å². The molecule has 2 heteroatoms. The summed E-state index contributed by atoms with van der Waals surface area (Å²) in [7, 11) is 2.93. The molecule has 22 heavy (non-hydrogen) atoms. The summed E-state index contributed by atoms with van der Waals surface area (Å²) in [6, 6.07) is 0. The Morgan fingerprint density at radius 2 is 0.727 bits per heavy atom. The lowest BCUT2D eigenvalue weighted by Gasteiger charge is -2.15. The second kappa shape index (κ2) is 19.4. The van der Waals surface area contributed by atoms with E-state index in [-0.39, 0.29) is 0 Å². The van der Waals surface area contributed by atoms with Crippen molar-refractivity contribution in [3.05, 3.63) is 0 Å². The topological polar surface area (TPSA) is 3.24 Å². The number of hydrogen-bond acceptors (Lipinski definition) is 1. The molecule has 0 saturated heterocycles. The van der Waals surface area contributed by atoms with E-state index in [0.29, 0.717) is 0 Å². The first-order valence-corrected chi connectivity index (χ1v) is 10.8. The molecule has 0 aromatic heterocycles. The maximum Gasteiger partial charge on any atom is 0.00161 e. The predicted molar refractivity (Wildman–Crippen MR) is 107 cm³/mol. The second-order valence-corrected chi connectivity index (χ2v) is 7.72. The Morgan fingerprint density at radius 3 is 1.05 bits per heavy atom. The molecule has 0 aliphatic rings. The van der Waals surface area contributed by atoms with Gasteiger partial charge in [0, 0.05) is 13.1 Å². The van der Waals surface area contributed by atoms with Crippen molar-refractivity contribution in [1.29, 1.82) is 0 Å². The summed E-state index contributed by atoms with van der Waals surface area (Å²) < 4.78 is 2.47. The van der Waals surface area contributed by atoms with Crippen LogP contribution in [0.2, 0.25) is 0 Å². The molecular formula is C20H44NP. The first-order valence-electron chi connectivity index (χ1n) is 10.3. The third-order valence-corrected chi connectivity index (χ3v) is 5.11. The van der Waals surface area contributed by atoms with Gasteiger partial charge in [0.15, 0.2) is 0 Å². The minimum absolute atomic E-state index is 1.27. The minimum atomic E-state index is 1.27. The van der Waals surface area contributed by atoms with E-state index in [1.807, 2.05) is 0 Å². The molecule has 0 fully saturated rings. The third-order valence-electron chi connectivity index (χ3n) is 4.60. The lowest BCUT2D eigenvalue weighted by atomic mass is 10.1. The quantitative estimate of drug-likeness (QED) is 0.187. The summed E-state index contributed by atoms with van der Waals surface area (Å²) in [5.41, 5.74) is 0. The van der Waals surface area contributed by atoms with Crippen molar-refractivity contribution in [2.45, 2.75) is 117 Å². The van der Waals surface area contributed by atoms with Gasteiger partial charge in [-0.15, -0.1) is 0 Å². The van der Waals surface area contributed by atoms with E-state index < -0.39 is 0 Å². The number of nitrogens with zero attached hydrogens (tertiary/aromatic N) is 1. The van der Waals surface area contributed by atoms with Crippen LogP contribution < -0.4 is 0 Å². The Hall–Kier alpha value is 0.390. The van der Waals surface area contributed by atoms with Crippen LogP contribution in [0, 0.1) is 0 Å². The van der Waals surface area contributed by atoms with Crippen LogP contribution in [0.1, 0.15) is 117 Å². The van der Waals surface area contributed by atoms with E-state index in [4.69, 9.17) is 0 Å². The highest BCUT2D eigenvalue weighted by Gasteiger charge is 1.99. The molecule has 0 amide bonds. The lowest BCUT2D eigenvalue weighted by Crippen LogP contribution is -2.14. The van der Waals surface area contributed by atoms with Crippen LogP contribution in [0.4, 0.5) is 0 Å². The molecule has 0 bridgehead atoms. The van der Waals surface area contributed by atoms with E-state index in [1.165, 1.54) is 116 Å². The Bertz CT molecular complexity index is 176. The predicted octanol–water partition coefficient (Wildman–Crippen LogP) is 7.36. The fourth-order valence-corrected chi connectivity index (χ4v) is 3.37. The van der Waals surface area contributed by atoms with Gasteiger partial charge in [-0.3, -0.25) is 4.67 Å². The van der Waals surface area contributed by atoms with Gasteiger partial charge in [-0.05, 0) is 12.8 Å². The van der Waals surface area contributed by atoms with Crippen molar-refractivity contribution in [2.75, 3.05) is 13.1 Å². The zero-order valence-corrected chi connectivity index (χ0v) is 16.9. The average Bonchev–Trinajstić information content (AvgIpc) is 2.52. The van der Waals surface area contributed by atoms with Gasteiger partial charge in [0.05, 0.1) is 0 Å². The van der Waals surface area contributed by atoms with Gasteiger partial charge < -0.3 is 0 Å². The third kappa shape index (κ3) is 18.4. The number of rotatable bonds is 18. The summed E-state index contributed by atoms with van der Waals surface area (Å²) in [4.78, 5) is 0. The first-order chi connectivity index (χ1) is 10.8. The molecule has 1 nitrogen and oxygen atoms in total. The summed E-state index contributed by atoms with van der Waals surface area (Å²) in [5.74, 6) is 0. The molecule has 0 spiro atoms. The summed E-state index contributed by atoms with van der Waals surface area (Å²) in [5, 5.41) is 0. The summed E-state index contributed by atoms with van der Waals surface area (Å²) in [6.45, 7) is 7.13. The van der Waals surface area contributed by atoms with Crippen molar-refractivity contribution >= 4 is 9.39 Å². The monoisotopic (exact) mass is 329 g/mol. The van der Waals surface area contributed by atoms with Crippen molar-refractivity contribution < 1.29 is 0 Å². The van der Waals surface area contributed by atoms with Gasteiger partial charge in [0.25, 0.3) is 0 Å². The molecule has 1 atom stereocenters. The standard InChI is InChI=1S/C20H44NP/c1-3-5-7-9-11-13-15-17-19-21(22)20-18-16-14-12-10-8-6-4-2/h3-20,22H2,1-2H3. The van der Waals surface area contributed by atoms with Crippen molar-refractivity contribution in [1.82, 2.24) is 4.67 Å². The molecule has 134 valence electrons. The first kappa shape index (κ1) is 22.4. The van der Waals surface area contributed by atoms with Crippen LogP contribution in [-0.2, 0) is 0 Å². The average molecular weight is 330 g/mol. The Morgan fingerprint density at radius 1 is 0.455 bits per heavy atom. The van der Waals surface area contributed by atoms with Crippen molar-refractivity contribution in [3.8, 4) is 0 Å². The lowest BCUT2D eigenvalue weighted by molar-refractivity contribution is 0.422. The molecule has 0 aliphatic heterocycles. The Kier molecular flexibility index (Phi) is 19.8. The zero-order chi connectivity index (χ0) is 16.3. The molecule has 0 aromatic carbocycles. The summed E-state index contributed by atoms with van der Waals surface area (Å²) in [6.07, 6.45) is 22.8. The molecule has 0 rings (SSSR count). The highest BCUT2D eigenvalue weighted by atomic mass is 31.0. The molecule has 0 N–H and O–H groups in total. The Balaban J connectivity index is 3.11. The highest BCUT2D eigenvalue weighted by Crippen LogP contribution is 2.12. The van der Waals surface area contributed by atoms with Crippen LogP contribution >= 0.6 is 9.39 Å². The molecule has 0 radical (unpaired) electrons. The van der Waals surface area contributed by atoms with Gasteiger partial charge in [0.1, 0.15) is 0 Å². The van der Waals surface area contributed by atoms with Gasteiger partial charge >= 0.3 is 0 Å². The smallest absolute Gasteiger partial charge is 0.00161 e. The number of hydrogen-bond donors (Lipinski definition) is 0. The van der Waals surface area contributed by atoms with Gasteiger partial charge in [0.2, 0.25) is 0 Å². The zero-order valence-electron chi connectivity index (χ0n) is 15.8. The molecular weight excluding hydrogens is 285 g/mol. The van der Waals surface area contributed by atoms with Gasteiger partial charge in [-0.1, -0.05) is 113 Å². The van der Waals surface area contributed by atoms with Crippen LogP contribution in [0.25, 0.3) is 0 Å². The number of unbranched alkanes of at least 4 members (excludes halogenated alkanes) is 14. The molecule has 0 saturated carbocycles. The van der Waals surface area contributed by atoms with E-state index in [0.717, 1.165) is 0 Å². The van der Waals surface area contributed by atoms with E-state index >= 15 is 0 Å². The molecule has 0 aromatic rings. The fraction of sp³-hybridized carbons (Fsp3) is 1.00. The largest absolute Gasteiger partial charge is 0.287 e. The SMILES string of the molecule is CCCCCCCCCCN(P)CCCCCCCCCC. The van der Waals surface area contributed by atoms with Gasteiger partial charge in [-0.2, -0.15) is 0 Å². The van der Waals surface area contributed by atoms with Crippen LogP contribution in [-0.4, -0.2) is 17.8 Å². The fourth-order valence-electron chi connectivity index (χ4n) is 3.01. The Labute approximate surface area is 144 Å². The van der Waals surface area contributed by atoms with Gasteiger partial charge in [-0.25, -0.2) is 0 Å². The normalized spacial score (nSPS) is 11.5. The van der Waals surface area contributed by atoms with Crippen LogP contribution in [0.15, 0.2) is 0 Å². The molecule has 0 heterocycles. The maximum atomic E-state index is 2.93. The van der Waals surface area contributed by atoms with E-state index in [9.17, 15) is 0 Å². The highest BCUT2D eigenvalue weighted by molar-refractivity contribution is 7.13. The summed E-state index contributed by atoms with van der Waals surface area (Å²) >= 11 is 0. The second-order valence-electron chi connectivity index (χ2n) is 6.99. The molecule has 1 unspecified atom stereocenters. The minimum Gasteiger partial charge on any atom is -0.287 e. The van der Waals surface area contributed by atoms with Crippen molar-refractivity contribution in [3.63, 3.8) is 0 Å². The van der Waals surface area contributed by atoms with E-state index in [2.05, 4.69) is 27.9 Å². The molecule has 0 aliphatic carbocycles.